The molecule has 0 bridgehead atoms. The average Bonchev–Trinajstić information content (AvgIpc) is 3.19. The Balaban J connectivity index is 1.49. The molecule has 2 aromatic carbocycles. The van der Waals surface area contributed by atoms with Gasteiger partial charge in [-0.05, 0) is 48.6 Å². The molecule has 0 spiro atoms. The van der Waals surface area contributed by atoms with Crippen molar-refractivity contribution in [1.29, 1.82) is 0 Å². The number of rotatable bonds is 4. The van der Waals surface area contributed by atoms with Crippen LogP contribution in [0.1, 0.15) is 48.6 Å². The molecular weight excluding hydrogens is 312 g/mol. The van der Waals surface area contributed by atoms with Gasteiger partial charge in [0.15, 0.2) is 0 Å². The Morgan fingerprint density at radius 1 is 1.20 bits per heavy atom. The predicted octanol–water partition coefficient (Wildman–Crippen LogP) is 3.12. The van der Waals surface area contributed by atoms with Crippen molar-refractivity contribution in [3.63, 3.8) is 0 Å². The molecule has 25 heavy (non-hydrogen) atoms. The largest absolute Gasteiger partial charge is 0.387 e. The number of hydrogen-bond acceptors (Lipinski definition) is 3. The van der Waals surface area contributed by atoms with Crippen molar-refractivity contribution in [1.82, 2.24) is 5.32 Å². The summed E-state index contributed by atoms with van der Waals surface area (Å²) in [5, 5.41) is 14.2. The average molecular weight is 336 g/mol. The molecule has 0 saturated carbocycles. The van der Waals surface area contributed by atoms with Crippen LogP contribution in [0.4, 0.5) is 5.69 Å². The monoisotopic (exact) mass is 336 g/mol. The fraction of sp³-hybridized carbons (Fsp3) is 0.381. The molecular formula is C21H24N2O2. The highest BCUT2D eigenvalue weighted by Crippen LogP contribution is 2.33. The molecule has 1 aliphatic carbocycles. The zero-order chi connectivity index (χ0) is 17.4. The SMILES string of the molecule is CC(NC1Cc2ccccc2C1O)c1cccc(N2CCCC2=O)c1. The molecule has 4 nitrogen and oxygen atoms in total. The van der Waals surface area contributed by atoms with Crippen molar-refractivity contribution in [2.24, 2.45) is 0 Å². The van der Waals surface area contributed by atoms with E-state index < -0.39 is 6.10 Å². The van der Waals surface area contributed by atoms with Crippen LogP contribution >= 0.6 is 0 Å². The summed E-state index contributed by atoms with van der Waals surface area (Å²) < 4.78 is 0. The molecule has 130 valence electrons. The molecule has 2 aromatic rings. The number of fused-ring (bicyclic) bond motifs is 1. The molecule has 1 saturated heterocycles. The third-order valence-corrected chi connectivity index (χ3v) is 5.41. The Kier molecular flexibility index (Phi) is 4.32. The lowest BCUT2D eigenvalue weighted by molar-refractivity contribution is -0.117. The number of carbonyl (C=O) groups excluding carboxylic acids is 1. The molecule has 0 radical (unpaired) electrons. The summed E-state index contributed by atoms with van der Waals surface area (Å²) in [5.74, 6) is 0.208. The van der Waals surface area contributed by atoms with Crippen LogP contribution in [0.3, 0.4) is 0 Å². The highest BCUT2D eigenvalue weighted by molar-refractivity contribution is 5.95. The molecule has 4 heteroatoms. The highest BCUT2D eigenvalue weighted by atomic mass is 16.3. The Hall–Kier alpha value is -2.17. The molecule has 1 amide bonds. The molecule has 1 heterocycles. The van der Waals surface area contributed by atoms with Gasteiger partial charge in [0.05, 0.1) is 6.10 Å². The van der Waals surface area contributed by atoms with Crippen LogP contribution in [0.25, 0.3) is 0 Å². The van der Waals surface area contributed by atoms with Gasteiger partial charge in [-0.3, -0.25) is 4.79 Å². The van der Waals surface area contributed by atoms with Gasteiger partial charge in [-0.25, -0.2) is 0 Å². The van der Waals surface area contributed by atoms with Crippen LogP contribution in [-0.2, 0) is 11.2 Å². The first-order valence-electron chi connectivity index (χ1n) is 9.06. The normalized spacial score (nSPS) is 23.8. The number of amides is 1. The van der Waals surface area contributed by atoms with Crippen LogP contribution < -0.4 is 10.2 Å². The molecule has 1 fully saturated rings. The maximum absolute atomic E-state index is 12.0. The number of carbonyl (C=O) groups is 1. The van der Waals surface area contributed by atoms with Crippen LogP contribution in [0.2, 0.25) is 0 Å². The Labute approximate surface area is 148 Å². The van der Waals surface area contributed by atoms with E-state index in [4.69, 9.17) is 0 Å². The first kappa shape index (κ1) is 16.3. The van der Waals surface area contributed by atoms with Gasteiger partial charge in [-0.2, -0.15) is 0 Å². The van der Waals surface area contributed by atoms with Gasteiger partial charge in [0, 0.05) is 30.7 Å². The van der Waals surface area contributed by atoms with Crippen molar-refractivity contribution in [3.8, 4) is 0 Å². The summed E-state index contributed by atoms with van der Waals surface area (Å²) in [7, 11) is 0. The van der Waals surface area contributed by atoms with Crippen molar-refractivity contribution in [2.75, 3.05) is 11.4 Å². The van der Waals surface area contributed by atoms with E-state index in [9.17, 15) is 9.90 Å². The van der Waals surface area contributed by atoms with Crippen molar-refractivity contribution < 1.29 is 9.90 Å². The van der Waals surface area contributed by atoms with Gasteiger partial charge in [0.25, 0.3) is 0 Å². The molecule has 3 unspecified atom stereocenters. The number of nitrogens with zero attached hydrogens (tertiary/aromatic N) is 1. The number of aliphatic hydroxyl groups excluding tert-OH is 1. The second-order valence-electron chi connectivity index (χ2n) is 7.09. The second-order valence-corrected chi connectivity index (χ2v) is 7.09. The summed E-state index contributed by atoms with van der Waals surface area (Å²) in [6, 6.07) is 16.4. The first-order chi connectivity index (χ1) is 12.1. The van der Waals surface area contributed by atoms with E-state index in [1.807, 2.05) is 35.2 Å². The minimum atomic E-state index is -0.470. The van der Waals surface area contributed by atoms with Crippen molar-refractivity contribution >= 4 is 11.6 Å². The van der Waals surface area contributed by atoms with Crippen molar-refractivity contribution in [2.45, 2.75) is 44.4 Å². The third-order valence-electron chi connectivity index (χ3n) is 5.41. The summed E-state index contributed by atoms with van der Waals surface area (Å²) in [6.45, 7) is 2.92. The van der Waals surface area contributed by atoms with E-state index in [1.54, 1.807) is 0 Å². The lowest BCUT2D eigenvalue weighted by Gasteiger charge is -2.24. The van der Waals surface area contributed by atoms with Crippen LogP contribution in [0, 0.1) is 0 Å². The minimum Gasteiger partial charge on any atom is -0.387 e. The molecule has 2 aliphatic rings. The highest BCUT2D eigenvalue weighted by Gasteiger charge is 2.31. The van der Waals surface area contributed by atoms with Crippen LogP contribution in [-0.4, -0.2) is 23.6 Å². The number of benzene rings is 2. The number of hydrogen-bond donors (Lipinski definition) is 2. The maximum Gasteiger partial charge on any atom is 0.227 e. The summed E-state index contributed by atoms with van der Waals surface area (Å²) in [6.07, 6.45) is 1.95. The quantitative estimate of drug-likeness (QED) is 0.902. The molecule has 1 aliphatic heterocycles. The number of nitrogens with one attached hydrogen (secondary N) is 1. The van der Waals surface area contributed by atoms with Gasteiger partial charge in [-0.1, -0.05) is 36.4 Å². The first-order valence-corrected chi connectivity index (χ1v) is 9.06. The zero-order valence-electron chi connectivity index (χ0n) is 14.5. The minimum absolute atomic E-state index is 0.0180. The number of aliphatic hydroxyl groups is 1. The molecule has 4 rings (SSSR count). The van der Waals surface area contributed by atoms with E-state index in [1.165, 1.54) is 5.56 Å². The lowest BCUT2D eigenvalue weighted by Crippen LogP contribution is -2.35. The standard InChI is InChI=1S/C21H24N2O2/c1-14(22-19-13-16-6-2-3-9-18(16)21(19)25)15-7-4-8-17(12-15)23-11-5-10-20(23)24/h2-4,6-9,12,14,19,21-22,25H,5,10-11,13H2,1H3. The van der Waals surface area contributed by atoms with E-state index in [0.29, 0.717) is 6.42 Å². The van der Waals surface area contributed by atoms with E-state index in [-0.39, 0.29) is 18.0 Å². The van der Waals surface area contributed by atoms with Crippen molar-refractivity contribution in [3.05, 3.63) is 65.2 Å². The Morgan fingerprint density at radius 2 is 2.04 bits per heavy atom. The molecule has 0 aromatic heterocycles. The molecule has 2 N–H and O–H groups in total. The molecule has 3 atom stereocenters. The maximum atomic E-state index is 12.0. The Bertz CT molecular complexity index is 789. The van der Waals surface area contributed by atoms with Crippen LogP contribution in [0.15, 0.2) is 48.5 Å². The van der Waals surface area contributed by atoms with Gasteiger partial charge in [0.1, 0.15) is 0 Å². The van der Waals surface area contributed by atoms with Gasteiger partial charge in [-0.15, -0.1) is 0 Å². The third kappa shape index (κ3) is 3.08. The number of anilines is 1. The Morgan fingerprint density at radius 3 is 2.80 bits per heavy atom. The van der Waals surface area contributed by atoms with Gasteiger partial charge < -0.3 is 15.3 Å². The zero-order valence-corrected chi connectivity index (χ0v) is 14.5. The summed E-state index contributed by atoms with van der Waals surface area (Å²) in [5.41, 5.74) is 4.36. The lowest BCUT2D eigenvalue weighted by atomic mass is 10.0. The van der Waals surface area contributed by atoms with E-state index in [2.05, 4.69) is 30.4 Å². The van der Waals surface area contributed by atoms with E-state index in [0.717, 1.165) is 36.2 Å². The second kappa shape index (κ2) is 6.62. The van der Waals surface area contributed by atoms with Gasteiger partial charge in [0.2, 0.25) is 5.91 Å². The predicted molar refractivity (Wildman–Crippen MR) is 98.5 cm³/mol. The van der Waals surface area contributed by atoms with Gasteiger partial charge >= 0.3 is 0 Å². The topological polar surface area (TPSA) is 52.6 Å². The van der Waals surface area contributed by atoms with Crippen LogP contribution in [0.5, 0.6) is 0 Å². The smallest absolute Gasteiger partial charge is 0.227 e. The summed E-state index contributed by atoms with van der Waals surface area (Å²) in [4.78, 5) is 13.9. The fourth-order valence-corrected chi connectivity index (χ4v) is 4.02. The fourth-order valence-electron chi connectivity index (χ4n) is 4.02. The summed E-state index contributed by atoms with van der Waals surface area (Å²) >= 11 is 0. The van der Waals surface area contributed by atoms with E-state index >= 15 is 0 Å².